The van der Waals surface area contributed by atoms with Gasteiger partial charge in [0.05, 0.1) is 12.6 Å². The number of unbranched alkanes of at least 4 members (excludes halogenated alkanes) is 3. The smallest absolute Gasteiger partial charge is 0.245 e. The van der Waals surface area contributed by atoms with Crippen LogP contribution in [0.1, 0.15) is 39.0 Å². The Morgan fingerprint density at radius 2 is 1.90 bits per heavy atom. The standard InChI is InChI=1S/C14H27NO6/c1-3-4-5-6-7-10(17)14(20)13(15-2)12(19)11(18)9(8-16)21-14/h9,11-13,15-16,18-20H,3-8H2,1-2H3/t9-,11-,12+,13-,14?/m1/s1. The number of ether oxygens (including phenoxy) is 1. The molecule has 1 aliphatic heterocycles. The number of hydrogen-bond donors (Lipinski definition) is 5. The SMILES string of the molecule is CCCCCCC(=O)C1(O)O[C@H](CO)[C@@H](O)[C@H](O)[C@H]1NC. The molecule has 5 atom stereocenters. The highest BCUT2D eigenvalue weighted by molar-refractivity contribution is 5.86. The lowest BCUT2D eigenvalue weighted by Gasteiger charge is -2.46. The van der Waals surface area contributed by atoms with E-state index in [1.54, 1.807) is 0 Å². The van der Waals surface area contributed by atoms with Crippen molar-refractivity contribution in [3.63, 3.8) is 0 Å². The first-order valence-electron chi connectivity index (χ1n) is 7.50. The molecule has 0 amide bonds. The minimum atomic E-state index is -2.24. The molecule has 5 N–H and O–H groups in total. The summed E-state index contributed by atoms with van der Waals surface area (Å²) in [5, 5.41) is 42.1. The molecule has 21 heavy (non-hydrogen) atoms. The number of rotatable bonds is 8. The molecule has 7 nitrogen and oxygen atoms in total. The summed E-state index contributed by atoms with van der Waals surface area (Å²) in [4.78, 5) is 12.3. The summed E-state index contributed by atoms with van der Waals surface area (Å²) >= 11 is 0. The Hall–Kier alpha value is -0.570. The van der Waals surface area contributed by atoms with Gasteiger partial charge in [0.1, 0.15) is 18.3 Å². The van der Waals surface area contributed by atoms with E-state index in [1.807, 2.05) is 0 Å². The number of carbonyl (C=O) groups excluding carboxylic acids is 1. The van der Waals surface area contributed by atoms with Crippen LogP contribution < -0.4 is 5.32 Å². The topological polar surface area (TPSA) is 119 Å². The minimum Gasteiger partial charge on any atom is -0.394 e. The lowest BCUT2D eigenvalue weighted by Crippen LogP contribution is -2.71. The second-order valence-electron chi connectivity index (χ2n) is 5.52. The Morgan fingerprint density at radius 3 is 2.43 bits per heavy atom. The van der Waals surface area contributed by atoms with Gasteiger partial charge in [0.15, 0.2) is 5.78 Å². The molecule has 0 radical (unpaired) electrons. The third kappa shape index (κ3) is 4.00. The van der Waals surface area contributed by atoms with Gasteiger partial charge < -0.3 is 30.5 Å². The van der Waals surface area contributed by atoms with Crippen LogP contribution in [0.4, 0.5) is 0 Å². The third-order valence-corrected chi connectivity index (χ3v) is 3.97. The van der Waals surface area contributed by atoms with E-state index in [2.05, 4.69) is 12.2 Å². The Kier molecular flexibility index (Phi) is 7.19. The predicted octanol–water partition coefficient (Wildman–Crippen LogP) is -1.08. The number of ketones is 1. The summed E-state index contributed by atoms with van der Waals surface area (Å²) in [6.07, 6.45) is -0.335. The van der Waals surface area contributed by atoms with Crippen molar-refractivity contribution >= 4 is 5.78 Å². The summed E-state index contributed by atoms with van der Waals surface area (Å²) in [6, 6.07) is -1.14. The Labute approximate surface area is 124 Å². The lowest BCUT2D eigenvalue weighted by molar-refractivity contribution is -0.302. The van der Waals surface area contributed by atoms with E-state index in [1.165, 1.54) is 7.05 Å². The van der Waals surface area contributed by atoms with E-state index in [4.69, 9.17) is 9.84 Å². The summed E-state index contributed by atoms with van der Waals surface area (Å²) in [5.41, 5.74) is 0. The van der Waals surface area contributed by atoms with Gasteiger partial charge in [-0.05, 0) is 13.5 Å². The summed E-state index contributed by atoms with van der Waals surface area (Å²) in [6.45, 7) is 1.46. The zero-order valence-corrected chi connectivity index (χ0v) is 12.7. The zero-order chi connectivity index (χ0) is 16.0. The van der Waals surface area contributed by atoms with Crippen molar-refractivity contribution in [1.82, 2.24) is 5.32 Å². The van der Waals surface area contributed by atoms with Gasteiger partial charge in [-0.3, -0.25) is 4.79 Å². The molecular weight excluding hydrogens is 278 g/mol. The van der Waals surface area contributed by atoms with E-state index in [9.17, 15) is 20.1 Å². The molecule has 0 aromatic heterocycles. The molecule has 0 spiro atoms. The average Bonchev–Trinajstić information content (AvgIpc) is 2.47. The van der Waals surface area contributed by atoms with Crippen molar-refractivity contribution in [2.24, 2.45) is 0 Å². The predicted molar refractivity (Wildman–Crippen MR) is 75.5 cm³/mol. The first-order valence-corrected chi connectivity index (χ1v) is 7.50. The monoisotopic (exact) mass is 305 g/mol. The number of aliphatic hydroxyl groups excluding tert-OH is 3. The largest absolute Gasteiger partial charge is 0.394 e. The zero-order valence-electron chi connectivity index (χ0n) is 12.7. The third-order valence-electron chi connectivity index (χ3n) is 3.97. The van der Waals surface area contributed by atoms with Crippen molar-refractivity contribution in [3.05, 3.63) is 0 Å². The molecule has 124 valence electrons. The Balaban J connectivity index is 2.80. The molecular formula is C14H27NO6. The van der Waals surface area contributed by atoms with Gasteiger partial charge in [-0.15, -0.1) is 0 Å². The first kappa shape index (κ1) is 18.5. The van der Waals surface area contributed by atoms with Crippen LogP contribution in [0.25, 0.3) is 0 Å². The lowest BCUT2D eigenvalue weighted by atomic mass is 9.86. The van der Waals surface area contributed by atoms with Gasteiger partial charge in [-0.25, -0.2) is 0 Å². The van der Waals surface area contributed by atoms with Crippen LogP contribution in [0, 0.1) is 0 Å². The van der Waals surface area contributed by atoms with Crippen LogP contribution in [0.15, 0.2) is 0 Å². The van der Waals surface area contributed by atoms with E-state index in [-0.39, 0.29) is 6.42 Å². The molecule has 1 unspecified atom stereocenters. The molecule has 0 saturated carbocycles. The summed E-state index contributed by atoms with van der Waals surface area (Å²) in [7, 11) is 1.46. The first-order chi connectivity index (χ1) is 9.92. The fourth-order valence-corrected chi connectivity index (χ4v) is 2.66. The van der Waals surface area contributed by atoms with Crippen LogP contribution >= 0.6 is 0 Å². The minimum absolute atomic E-state index is 0.121. The van der Waals surface area contributed by atoms with Crippen molar-refractivity contribution < 1.29 is 30.0 Å². The fourth-order valence-electron chi connectivity index (χ4n) is 2.66. The summed E-state index contributed by atoms with van der Waals surface area (Å²) < 4.78 is 5.21. The van der Waals surface area contributed by atoms with Crippen molar-refractivity contribution in [3.8, 4) is 0 Å². The second-order valence-corrected chi connectivity index (χ2v) is 5.52. The highest BCUT2D eigenvalue weighted by Crippen LogP contribution is 2.30. The van der Waals surface area contributed by atoms with Crippen LogP contribution in [-0.2, 0) is 9.53 Å². The van der Waals surface area contributed by atoms with Gasteiger partial charge >= 0.3 is 0 Å². The number of carbonyl (C=O) groups is 1. The second kappa shape index (κ2) is 8.17. The maximum absolute atomic E-state index is 12.3. The van der Waals surface area contributed by atoms with Crippen molar-refractivity contribution in [2.45, 2.75) is 69.2 Å². The molecule has 0 aromatic rings. The Bertz CT molecular complexity index is 339. The van der Waals surface area contributed by atoms with E-state index in [0.717, 1.165) is 19.3 Å². The normalized spacial score (nSPS) is 36.7. The molecule has 1 aliphatic rings. The van der Waals surface area contributed by atoms with E-state index >= 15 is 0 Å². The molecule has 1 fully saturated rings. The van der Waals surface area contributed by atoms with Gasteiger partial charge in [-0.2, -0.15) is 0 Å². The fraction of sp³-hybridized carbons (Fsp3) is 0.929. The van der Waals surface area contributed by atoms with Gasteiger partial charge in [0.2, 0.25) is 5.79 Å². The number of hydrogen-bond acceptors (Lipinski definition) is 7. The number of Topliss-reactive ketones (excluding diaryl/α,β-unsaturated/α-hetero) is 1. The maximum Gasteiger partial charge on any atom is 0.245 e. The number of likely N-dealkylation sites (N-methyl/N-ethyl adjacent to an activating group) is 1. The maximum atomic E-state index is 12.3. The molecule has 0 aromatic carbocycles. The molecule has 1 saturated heterocycles. The van der Waals surface area contributed by atoms with Crippen LogP contribution in [-0.4, -0.2) is 70.0 Å². The number of nitrogens with one attached hydrogen (secondary N) is 1. The summed E-state index contributed by atoms with van der Waals surface area (Å²) in [5.74, 6) is -2.80. The Morgan fingerprint density at radius 1 is 1.24 bits per heavy atom. The van der Waals surface area contributed by atoms with Crippen LogP contribution in [0.2, 0.25) is 0 Å². The van der Waals surface area contributed by atoms with Gasteiger partial charge in [0, 0.05) is 6.42 Å². The molecule has 1 heterocycles. The van der Waals surface area contributed by atoms with E-state index in [0.29, 0.717) is 6.42 Å². The molecule has 7 heteroatoms. The number of aliphatic hydroxyl groups is 4. The molecule has 0 aliphatic carbocycles. The van der Waals surface area contributed by atoms with Crippen molar-refractivity contribution in [2.75, 3.05) is 13.7 Å². The highest BCUT2D eigenvalue weighted by atomic mass is 16.7. The van der Waals surface area contributed by atoms with E-state index < -0.39 is 42.5 Å². The van der Waals surface area contributed by atoms with Gasteiger partial charge in [0.25, 0.3) is 0 Å². The average molecular weight is 305 g/mol. The molecule has 1 rings (SSSR count). The quantitative estimate of drug-likeness (QED) is 0.362. The van der Waals surface area contributed by atoms with Gasteiger partial charge in [-0.1, -0.05) is 26.2 Å². The van der Waals surface area contributed by atoms with Crippen LogP contribution in [0.3, 0.4) is 0 Å². The van der Waals surface area contributed by atoms with Crippen molar-refractivity contribution in [1.29, 1.82) is 0 Å². The molecule has 0 bridgehead atoms. The highest BCUT2D eigenvalue weighted by Gasteiger charge is 2.56. The van der Waals surface area contributed by atoms with Crippen LogP contribution in [0.5, 0.6) is 0 Å².